The average molecular weight is 216 g/mol. The predicted molar refractivity (Wildman–Crippen MR) is 56.6 cm³/mol. The minimum Gasteiger partial charge on any atom is -0.449 e. The van der Waals surface area contributed by atoms with E-state index in [0.29, 0.717) is 32.2 Å². The van der Waals surface area contributed by atoms with Gasteiger partial charge in [0.1, 0.15) is 0 Å². The Morgan fingerprint density at radius 2 is 2.40 bits per heavy atom. The summed E-state index contributed by atoms with van der Waals surface area (Å²) in [5.41, 5.74) is 0. The quantitative estimate of drug-likeness (QED) is 0.699. The average Bonchev–Trinajstić information content (AvgIpc) is 2.26. The first-order chi connectivity index (χ1) is 7.13. The maximum Gasteiger partial charge on any atom is 0.409 e. The van der Waals surface area contributed by atoms with Gasteiger partial charge in [-0.1, -0.05) is 13.8 Å². The summed E-state index contributed by atoms with van der Waals surface area (Å²) in [5.74, 6) is 0.352. The lowest BCUT2D eigenvalue weighted by Crippen LogP contribution is -2.54. The van der Waals surface area contributed by atoms with E-state index in [1.54, 1.807) is 4.90 Å². The van der Waals surface area contributed by atoms with Gasteiger partial charge < -0.3 is 20.1 Å². The van der Waals surface area contributed by atoms with E-state index in [0.717, 1.165) is 0 Å². The van der Waals surface area contributed by atoms with Crippen LogP contribution >= 0.6 is 0 Å². The van der Waals surface area contributed by atoms with Gasteiger partial charge in [0.2, 0.25) is 0 Å². The van der Waals surface area contributed by atoms with Gasteiger partial charge in [-0.05, 0) is 5.92 Å². The molecular weight excluding hydrogens is 196 g/mol. The Kier molecular flexibility index (Phi) is 4.84. The fraction of sp³-hybridized carbons (Fsp3) is 0.900. The Balaban J connectivity index is 2.32. The number of hydrogen-bond acceptors (Lipinski definition) is 4. The van der Waals surface area contributed by atoms with Crippen LogP contribution < -0.4 is 5.32 Å². The van der Waals surface area contributed by atoms with Gasteiger partial charge in [-0.15, -0.1) is 0 Å². The molecule has 1 saturated heterocycles. The first-order valence-corrected chi connectivity index (χ1v) is 5.39. The van der Waals surface area contributed by atoms with Crippen molar-refractivity contribution in [3.8, 4) is 0 Å². The topological polar surface area (TPSA) is 61.8 Å². The summed E-state index contributed by atoms with van der Waals surface area (Å²) in [5, 5.41) is 12.1. The van der Waals surface area contributed by atoms with Crippen molar-refractivity contribution in [2.45, 2.75) is 19.9 Å². The fourth-order valence-corrected chi connectivity index (χ4v) is 1.44. The Hall–Kier alpha value is -0.810. The molecule has 2 N–H and O–H groups in total. The van der Waals surface area contributed by atoms with Crippen molar-refractivity contribution in [1.82, 2.24) is 10.2 Å². The molecule has 0 aliphatic carbocycles. The van der Waals surface area contributed by atoms with Gasteiger partial charge in [0.15, 0.2) is 0 Å². The fourth-order valence-electron chi connectivity index (χ4n) is 1.44. The second-order valence-corrected chi connectivity index (χ2v) is 4.25. The van der Waals surface area contributed by atoms with Gasteiger partial charge >= 0.3 is 6.09 Å². The lowest BCUT2D eigenvalue weighted by atomic mass is 10.2. The molecule has 1 aliphatic rings. The highest BCUT2D eigenvalue weighted by Gasteiger charge is 2.23. The predicted octanol–water partition coefficient (Wildman–Crippen LogP) is 0.0451. The Labute approximate surface area is 90.4 Å². The van der Waals surface area contributed by atoms with E-state index < -0.39 is 0 Å². The van der Waals surface area contributed by atoms with Gasteiger partial charge in [0, 0.05) is 25.7 Å². The van der Waals surface area contributed by atoms with Gasteiger partial charge in [-0.3, -0.25) is 0 Å². The zero-order valence-electron chi connectivity index (χ0n) is 9.40. The maximum absolute atomic E-state index is 11.6. The van der Waals surface area contributed by atoms with E-state index in [9.17, 15) is 4.79 Å². The summed E-state index contributed by atoms with van der Waals surface area (Å²) in [6.45, 7) is 6.38. The molecule has 1 amide bonds. The summed E-state index contributed by atoms with van der Waals surface area (Å²) in [6.07, 6.45) is -0.274. The zero-order valence-corrected chi connectivity index (χ0v) is 9.40. The number of piperazine rings is 1. The number of rotatable bonds is 3. The molecule has 0 aromatic rings. The lowest BCUT2D eigenvalue weighted by Gasteiger charge is -2.32. The Morgan fingerprint density at radius 3 is 3.00 bits per heavy atom. The third-order valence-electron chi connectivity index (χ3n) is 2.27. The molecule has 0 spiro atoms. The number of ether oxygens (including phenoxy) is 1. The molecule has 88 valence electrons. The molecule has 0 radical (unpaired) electrons. The van der Waals surface area contributed by atoms with E-state index in [4.69, 9.17) is 9.84 Å². The number of carbonyl (C=O) groups is 1. The molecule has 15 heavy (non-hydrogen) atoms. The Morgan fingerprint density at radius 1 is 1.67 bits per heavy atom. The molecule has 1 aliphatic heterocycles. The largest absolute Gasteiger partial charge is 0.449 e. The van der Waals surface area contributed by atoms with E-state index in [1.807, 2.05) is 13.8 Å². The van der Waals surface area contributed by atoms with Gasteiger partial charge in [-0.2, -0.15) is 0 Å². The molecular formula is C10H20N2O3. The summed E-state index contributed by atoms with van der Waals surface area (Å²) in [4.78, 5) is 13.2. The summed E-state index contributed by atoms with van der Waals surface area (Å²) in [6, 6.07) is -0.0228. The number of nitrogens with one attached hydrogen (secondary N) is 1. The van der Waals surface area contributed by atoms with E-state index >= 15 is 0 Å². The van der Waals surface area contributed by atoms with Crippen LogP contribution in [0, 0.1) is 5.92 Å². The number of hydrogen-bond donors (Lipinski definition) is 2. The van der Waals surface area contributed by atoms with Crippen molar-refractivity contribution in [2.24, 2.45) is 5.92 Å². The summed E-state index contributed by atoms with van der Waals surface area (Å²) >= 11 is 0. The minimum atomic E-state index is -0.274. The van der Waals surface area contributed by atoms with Crippen LogP contribution in [0.3, 0.4) is 0 Å². The molecule has 5 nitrogen and oxygen atoms in total. The number of nitrogens with zero attached hydrogens (tertiary/aromatic N) is 1. The first-order valence-electron chi connectivity index (χ1n) is 5.39. The highest BCUT2D eigenvalue weighted by molar-refractivity contribution is 5.67. The van der Waals surface area contributed by atoms with Crippen LogP contribution in [0.5, 0.6) is 0 Å². The highest BCUT2D eigenvalue weighted by atomic mass is 16.6. The minimum absolute atomic E-state index is 0.0228. The monoisotopic (exact) mass is 216 g/mol. The number of carbonyl (C=O) groups excluding carboxylic acids is 1. The lowest BCUT2D eigenvalue weighted by molar-refractivity contribution is 0.0751. The smallest absolute Gasteiger partial charge is 0.409 e. The van der Waals surface area contributed by atoms with E-state index in [1.165, 1.54) is 0 Å². The zero-order chi connectivity index (χ0) is 11.3. The van der Waals surface area contributed by atoms with E-state index in [-0.39, 0.29) is 18.7 Å². The van der Waals surface area contributed by atoms with Crippen molar-refractivity contribution in [3.63, 3.8) is 0 Å². The van der Waals surface area contributed by atoms with Crippen LogP contribution in [0.2, 0.25) is 0 Å². The molecule has 1 heterocycles. The van der Waals surface area contributed by atoms with Gasteiger partial charge in [0.05, 0.1) is 13.2 Å². The second kappa shape index (κ2) is 5.92. The molecule has 0 aromatic heterocycles. The molecule has 1 atom stereocenters. The summed E-state index contributed by atoms with van der Waals surface area (Å²) < 4.78 is 5.11. The molecule has 0 aromatic carbocycles. The molecule has 5 heteroatoms. The normalized spacial score (nSPS) is 21.9. The molecule has 0 saturated carbocycles. The van der Waals surface area contributed by atoms with Crippen molar-refractivity contribution < 1.29 is 14.6 Å². The second-order valence-electron chi connectivity index (χ2n) is 4.25. The third-order valence-corrected chi connectivity index (χ3v) is 2.27. The van der Waals surface area contributed by atoms with Crippen LogP contribution in [-0.2, 0) is 4.74 Å². The van der Waals surface area contributed by atoms with Crippen molar-refractivity contribution >= 4 is 6.09 Å². The molecule has 1 unspecified atom stereocenters. The van der Waals surface area contributed by atoms with Crippen molar-refractivity contribution in [3.05, 3.63) is 0 Å². The van der Waals surface area contributed by atoms with Crippen molar-refractivity contribution in [1.29, 1.82) is 0 Å². The van der Waals surface area contributed by atoms with Crippen LogP contribution in [0.25, 0.3) is 0 Å². The van der Waals surface area contributed by atoms with Gasteiger partial charge in [-0.25, -0.2) is 4.79 Å². The number of aliphatic hydroxyl groups excluding tert-OH is 1. The number of amides is 1. The van der Waals surface area contributed by atoms with Gasteiger partial charge in [0.25, 0.3) is 0 Å². The molecule has 1 rings (SSSR count). The highest BCUT2D eigenvalue weighted by Crippen LogP contribution is 2.03. The number of aliphatic hydroxyl groups is 1. The summed E-state index contributed by atoms with van der Waals surface area (Å²) in [7, 11) is 0. The van der Waals surface area contributed by atoms with E-state index in [2.05, 4.69) is 5.32 Å². The SMILES string of the molecule is CC(C)COC(=O)N1CCNC(CO)C1. The van der Waals surface area contributed by atoms with Crippen molar-refractivity contribution in [2.75, 3.05) is 32.8 Å². The maximum atomic E-state index is 11.6. The van der Waals surface area contributed by atoms with Crippen LogP contribution in [0.15, 0.2) is 0 Å². The third kappa shape index (κ3) is 4.05. The van der Waals surface area contributed by atoms with Crippen LogP contribution in [0.1, 0.15) is 13.8 Å². The molecule has 1 fully saturated rings. The van der Waals surface area contributed by atoms with Crippen LogP contribution in [-0.4, -0.2) is 55.0 Å². The molecule has 0 bridgehead atoms. The first kappa shape index (κ1) is 12.3. The van der Waals surface area contributed by atoms with Crippen LogP contribution in [0.4, 0.5) is 4.79 Å². The standard InChI is InChI=1S/C10H20N2O3/c1-8(2)7-15-10(14)12-4-3-11-9(5-12)6-13/h8-9,11,13H,3-7H2,1-2H3. The Bertz CT molecular complexity index is 209.